The van der Waals surface area contributed by atoms with Crippen molar-refractivity contribution in [2.45, 2.75) is 6.92 Å². The van der Waals surface area contributed by atoms with Crippen molar-refractivity contribution in [2.24, 2.45) is 0 Å². The fourth-order valence-corrected chi connectivity index (χ4v) is 3.37. The third-order valence-corrected chi connectivity index (χ3v) is 4.63. The van der Waals surface area contributed by atoms with Crippen molar-refractivity contribution < 1.29 is 14.3 Å². The van der Waals surface area contributed by atoms with E-state index in [1.54, 1.807) is 19.2 Å². The summed E-state index contributed by atoms with van der Waals surface area (Å²) in [4.78, 5) is 17.3. The van der Waals surface area contributed by atoms with Crippen LogP contribution in [0.2, 0.25) is 0 Å². The molecule has 1 aromatic carbocycles. The lowest BCUT2D eigenvalue weighted by atomic mass is 10.1. The molecule has 0 bridgehead atoms. The zero-order valence-corrected chi connectivity index (χ0v) is 15.2. The van der Waals surface area contributed by atoms with E-state index < -0.39 is 0 Å². The number of thiazole rings is 1. The van der Waals surface area contributed by atoms with Gasteiger partial charge in [0.2, 0.25) is 0 Å². The fourth-order valence-electron chi connectivity index (χ4n) is 2.38. The van der Waals surface area contributed by atoms with Crippen molar-refractivity contribution >= 4 is 22.5 Å². The fraction of sp³-hybridized carbons (Fsp3) is 0.167. The van der Waals surface area contributed by atoms with Crippen molar-refractivity contribution in [3.05, 3.63) is 54.0 Å². The molecular weight excluding hydrogens is 352 g/mol. The third-order valence-electron chi connectivity index (χ3n) is 3.61. The van der Waals surface area contributed by atoms with Crippen LogP contribution in [0.15, 0.2) is 48.8 Å². The first-order valence-electron chi connectivity index (χ1n) is 8.00. The van der Waals surface area contributed by atoms with Crippen molar-refractivity contribution in [2.75, 3.05) is 19.0 Å². The quantitative estimate of drug-likeness (QED) is 0.533. The van der Waals surface area contributed by atoms with Crippen LogP contribution in [0.1, 0.15) is 6.92 Å². The zero-order chi connectivity index (χ0) is 18.5. The van der Waals surface area contributed by atoms with Gasteiger partial charge in [-0.1, -0.05) is 11.3 Å². The van der Waals surface area contributed by atoms with Crippen LogP contribution in [0.25, 0.3) is 21.7 Å². The molecule has 0 radical (unpaired) electrons. The third kappa shape index (κ3) is 3.92. The number of hydrogen-bond acceptors (Lipinski definition) is 5. The van der Waals surface area contributed by atoms with Crippen molar-refractivity contribution in [3.63, 3.8) is 0 Å². The van der Waals surface area contributed by atoms with Gasteiger partial charge in [-0.25, -0.2) is 9.78 Å². The number of nitrogens with zero attached hydrogens (tertiary/aromatic N) is 2. The summed E-state index contributed by atoms with van der Waals surface area (Å²) in [5, 5.41) is 17.2. The minimum atomic E-state index is -0.306. The van der Waals surface area contributed by atoms with Gasteiger partial charge in [-0.15, -0.1) is 0 Å². The van der Waals surface area contributed by atoms with Crippen molar-refractivity contribution in [1.82, 2.24) is 10.3 Å². The molecule has 7 nitrogen and oxygen atoms in total. The summed E-state index contributed by atoms with van der Waals surface area (Å²) in [6.45, 7) is 2.37. The molecule has 8 heteroatoms. The van der Waals surface area contributed by atoms with E-state index in [-0.39, 0.29) is 6.03 Å². The predicted octanol–water partition coefficient (Wildman–Crippen LogP) is 3.26. The lowest BCUT2D eigenvalue weighted by Crippen LogP contribution is -2.28. The highest BCUT2D eigenvalue weighted by molar-refractivity contribution is 7.19. The highest BCUT2D eigenvalue weighted by Gasteiger charge is 2.17. The molecular formula is C18H18N4O3S. The van der Waals surface area contributed by atoms with Crippen LogP contribution in [-0.2, 0) is 0 Å². The van der Waals surface area contributed by atoms with Crippen LogP contribution in [0.5, 0.6) is 5.75 Å². The molecule has 2 aromatic heterocycles. The van der Waals surface area contributed by atoms with Crippen LogP contribution in [0, 0.1) is 5.21 Å². The van der Waals surface area contributed by atoms with Gasteiger partial charge < -0.3 is 15.3 Å². The van der Waals surface area contributed by atoms with Gasteiger partial charge in [0.15, 0.2) is 17.5 Å². The van der Waals surface area contributed by atoms with Gasteiger partial charge in [-0.3, -0.25) is 5.32 Å². The Morgan fingerprint density at radius 3 is 2.50 bits per heavy atom. The number of pyridine rings is 1. The van der Waals surface area contributed by atoms with E-state index in [0.717, 1.165) is 32.2 Å². The molecule has 0 saturated carbocycles. The first-order chi connectivity index (χ1) is 12.6. The second-order valence-electron chi connectivity index (χ2n) is 5.36. The van der Waals surface area contributed by atoms with E-state index in [1.807, 2.05) is 31.2 Å². The maximum Gasteiger partial charge on any atom is 0.321 e. The molecule has 3 aromatic rings. The number of ether oxygens (including phenoxy) is 1. The maximum atomic E-state index is 11.8. The second-order valence-corrected chi connectivity index (χ2v) is 6.36. The summed E-state index contributed by atoms with van der Waals surface area (Å²) in [5.74, 6) is 0.748. The Morgan fingerprint density at radius 1 is 1.19 bits per heavy atom. The van der Waals surface area contributed by atoms with E-state index in [2.05, 4.69) is 15.6 Å². The number of amides is 2. The van der Waals surface area contributed by atoms with E-state index >= 15 is 0 Å². The largest absolute Gasteiger partial charge is 0.619 e. The number of methoxy groups -OCH3 is 1. The van der Waals surface area contributed by atoms with Crippen LogP contribution in [0.3, 0.4) is 0 Å². The molecule has 3 rings (SSSR count). The van der Waals surface area contributed by atoms with E-state index in [4.69, 9.17) is 4.74 Å². The standard InChI is InChI=1S/C18H18N4O3S/c1-3-19-17(23)21-18-20-15(12-4-6-14(25-2)7-5-12)16(26-18)13-8-10-22(24)11-9-13/h4-11H,3H2,1-2H3,(H2,19,20,21,23). The molecule has 0 saturated heterocycles. The van der Waals surface area contributed by atoms with E-state index in [1.165, 1.54) is 23.7 Å². The second kappa shape index (κ2) is 7.83. The highest BCUT2D eigenvalue weighted by Crippen LogP contribution is 2.39. The number of urea groups is 1. The Bertz CT molecular complexity index is 892. The minimum absolute atomic E-state index is 0.306. The molecule has 2 amide bonds. The van der Waals surface area contributed by atoms with Crippen LogP contribution >= 0.6 is 11.3 Å². The number of rotatable bonds is 5. The minimum Gasteiger partial charge on any atom is -0.619 e. The molecule has 26 heavy (non-hydrogen) atoms. The number of benzene rings is 1. The molecule has 0 spiro atoms. The van der Waals surface area contributed by atoms with Crippen LogP contribution in [0.4, 0.5) is 9.93 Å². The molecule has 0 aliphatic carbocycles. The van der Waals surface area contributed by atoms with Gasteiger partial charge in [0.1, 0.15) is 5.75 Å². The molecule has 0 atom stereocenters. The summed E-state index contributed by atoms with van der Waals surface area (Å²) in [5.41, 5.74) is 2.47. The van der Waals surface area contributed by atoms with Crippen molar-refractivity contribution in [3.8, 4) is 27.4 Å². The summed E-state index contributed by atoms with van der Waals surface area (Å²) >= 11 is 1.35. The molecule has 134 valence electrons. The molecule has 2 heterocycles. The number of hydrogen-bond donors (Lipinski definition) is 2. The average Bonchev–Trinajstić information content (AvgIpc) is 3.06. The summed E-state index contributed by atoms with van der Waals surface area (Å²) in [7, 11) is 1.61. The van der Waals surface area contributed by atoms with Gasteiger partial charge in [0.25, 0.3) is 0 Å². The number of nitrogens with one attached hydrogen (secondary N) is 2. The van der Waals surface area contributed by atoms with Crippen LogP contribution < -0.4 is 20.1 Å². The Morgan fingerprint density at radius 2 is 1.88 bits per heavy atom. The van der Waals surface area contributed by atoms with Gasteiger partial charge >= 0.3 is 6.03 Å². The molecule has 0 unspecified atom stereocenters. The monoisotopic (exact) mass is 370 g/mol. The Hall–Kier alpha value is -3.13. The zero-order valence-electron chi connectivity index (χ0n) is 14.4. The Balaban J connectivity index is 2.02. The van der Waals surface area contributed by atoms with E-state index in [9.17, 15) is 10.0 Å². The number of carbonyl (C=O) groups is 1. The molecule has 0 aliphatic rings. The molecule has 2 N–H and O–H groups in total. The summed E-state index contributed by atoms with van der Waals surface area (Å²) < 4.78 is 5.92. The lowest BCUT2D eigenvalue weighted by Gasteiger charge is -2.04. The number of aromatic nitrogens is 2. The molecule has 0 aliphatic heterocycles. The summed E-state index contributed by atoms with van der Waals surface area (Å²) in [6, 6.07) is 10.7. The van der Waals surface area contributed by atoms with Gasteiger partial charge in [0.05, 0.1) is 17.7 Å². The topological polar surface area (TPSA) is 90.2 Å². The Labute approximate surface area is 154 Å². The first kappa shape index (κ1) is 17.7. The van der Waals surface area contributed by atoms with Crippen molar-refractivity contribution in [1.29, 1.82) is 0 Å². The number of anilines is 1. The predicted molar refractivity (Wildman–Crippen MR) is 101 cm³/mol. The first-order valence-corrected chi connectivity index (χ1v) is 8.81. The maximum absolute atomic E-state index is 11.8. The smallest absolute Gasteiger partial charge is 0.321 e. The lowest BCUT2D eigenvalue weighted by molar-refractivity contribution is -0.605. The normalized spacial score (nSPS) is 10.4. The van der Waals surface area contributed by atoms with Gasteiger partial charge in [-0.05, 0) is 31.2 Å². The molecule has 0 fully saturated rings. The van der Waals surface area contributed by atoms with Gasteiger partial charge in [-0.2, -0.15) is 4.73 Å². The number of carbonyl (C=O) groups excluding carboxylic acids is 1. The van der Waals surface area contributed by atoms with Gasteiger partial charge in [0, 0.05) is 29.8 Å². The average molecular weight is 370 g/mol. The van der Waals surface area contributed by atoms with Crippen LogP contribution in [-0.4, -0.2) is 24.7 Å². The SMILES string of the molecule is CCNC(=O)Nc1nc(-c2ccc(OC)cc2)c(-c2cc[n+]([O-])cc2)s1. The van der Waals surface area contributed by atoms with E-state index in [0.29, 0.717) is 11.7 Å². The highest BCUT2D eigenvalue weighted by atomic mass is 32.1. The Kier molecular flexibility index (Phi) is 5.33. The summed E-state index contributed by atoms with van der Waals surface area (Å²) in [6.07, 6.45) is 2.87.